The summed E-state index contributed by atoms with van der Waals surface area (Å²) in [6.45, 7) is 6.03. The van der Waals surface area contributed by atoms with E-state index >= 15 is 0 Å². The summed E-state index contributed by atoms with van der Waals surface area (Å²) in [5, 5.41) is 12.9. The predicted molar refractivity (Wildman–Crippen MR) is 73.6 cm³/mol. The number of hydrogen-bond acceptors (Lipinski definition) is 3. The Balaban J connectivity index is 1.58. The second-order valence-corrected chi connectivity index (χ2v) is 6.46. The fourth-order valence-electron chi connectivity index (χ4n) is 3.31. The first kappa shape index (κ1) is 14.3. The molecule has 0 atom stereocenters. The van der Waals surface area contributed by atoms with Crippen LogP contribution in [0.1, 0.15) is 45.4 Å². The van der Waals surface area contributed by atoms with Crippen molar-refractivity contribution in [1.82, 2.24) is 5.32 Å². The van der Waals surface area contributed by atoms with Crippen LogP contribution in [0.25, 0.3) is 0 Å². The van der Waals surface area contributed by atoms with Gasteiger partial charge in [0, 0.05) is 6.54 Å². The van der Waals surface area contributed by atoms with E-state index in [-0.39, 0.29) is 12.0 Å². The molecule has 3 nitrogen and oxygen atoms in total. The quantitative estimate of drug-likeness (QED) is 0.733. The molecule has 1 aliphatic heterocycles. The Morgan fingerprint density at radius 2 is 1.83 bits per heavy atom. The van der Waals surface area contributed by atoms with Gasteiger partial charge in [0.15, 0.2) is 0 Å². The first-order valence-electron chi connectivity index (χ1n) is 7.67. The highest BCUT2D eigenvalue weighted by Gasteiger charge is 2.37. The first-order chi connectivity index (χ1) is 8.78. The number of nitrogens with one attached hydrogen (secondary N) is 1. The van der Waals surface area contributed by atoms with Crippen LogP contribution in [0, 0.1) is 17.3 Å². The lowest BCUT2D eigenvalue weighted by molar-refractivity contribution is -0.134. The molecule has 1 saturated heterocycles. The molecule has 2 aliphatic rings. The zero-order valence-electron chi connectivity index (χ0n) is 11.8. The smallest absolute Gasteiger partial charge is 0.0579 e. The van der Waals surface area contributed by atoms with Crippen molar-refractivity contribution in [2.24, 2.45) is 17.3 Å². The number of ether oxygens (including phenoxy) is 1. The zero-order chi connectivity index (χ0) is 12.8. The van der Waals surface area contributed by atoms with E-state index in [4.69, 9.17) is 4.74 Å². The number of aliphatic hydroxyl groups excluding tert-OH is 1. The molecule has 0 aromatic rings. The molecule has 0 amide bonds. The van der Waals surface area contributed by atoms with Gasteiger partial charge in [0.2, 0.25) is 0 Å². The normalized spacial score (nSPS) is 31.0. The maximum absolute atomic E-state index is 9.35. The van der Waals surface area contributed by atoms with E-state index in [9.17, 15) is 5.11 Å². The molecule has 2 rings (SSSR count). The highest BCUT2D eigenvalue weighted by Crippen LogP contribution is 2.31. The molecule has 1 heterocycles. The minimum absolute atomic E-state index is 0.0272. The van der Waals surface area contributed by atoms with Crippen molar-refractivity contribution in [3.63, 3.8) is 0 Å². The highest BCUT2D eigenvalue weighted by atomic mass is 16.5. The van der Waals surface area contributed by atoms with Gasteiger partial charge in [-0.15, -0.1) is 0 Å². The summed E-state index contributed by atoms with van der Waals surface area (Å²) < 4.78 is 5.21. The molecule has 18 heavy (non-hydrogen) atoms. The van der Waals surface area contributed by atoms with Crippen LogP contribution < -0.4 is 5.32 Å². The lowest BCUT2D eigenvalue weighted by Gasteiger charge is -2.40. The van der Waals surface area contributed by atoms with E-state index in [2.05, 4.69) is 12.2 Å². The minimum Gasteiger partial charge on any atom is -0.396 e. The molecule has 1 saturated carbocycles. The van der Waals surface area contributed by atoms with Crippen LogP contribution in [-0.4, -0.2) is 38.0 Å². The van der Waals surface area contributed by atoms with E-state index < -0.39 is 0 Å². The Morgan fingerprint density at radius 1 is 1.17 bits per heavy atom. The summed E-state index contributed by atoms with van der Waals surface area (Å²) in [5.74, 6) is 1.85. The average molecular weight is 255 g/mol. The fourth-order valence-corrected chi connectivity index (χ4v) is 3.31. The minimum atomic E-state index is 0.0272. The van der Waals surface area contributed by atoms with Gasteiger partial charge in [-0.25, -0.2) is 0 Å². The highest BCUT2D eigenvalue weighted by molar-refractivity contribution is 4.87. The monoisotopic (exact) mass is 255 g/mol. The molecule has 0 aromatic heterocycles. The molecule has 0 spiro atoms. The Kier molecular flexibility index (Phi) is 5.46. The van der Waals surface area contributed by atoms with Gasteiger partial charge in [-0.3, -0.25) is 0 Å². The van der Waals surface area contributed by atoms with Gasteiger partial charge < -0.3 is 15.2 Å². The predicted octanol–water partition coefficient (Wildman–Crippen LogP) is 2.19. The van der Waals surface area contributed by atoms with Gasteiger partial charge in [0.25, 0.3) is 0 Å². The maximum atomic E-state index is 9.35. The summed E-state index contributed by atoms with van der Waals surface area (Å²) in [7, 11) is 0. The topological polar surface area (TPSA) is 41.5 Å². The van der Waals surface area contributed by atoms with Crippen LogP contribution in [0.2, 0.25) is 0 Å². The van der Waals surface area contributed by atoms with Crippen LogP contribution >= 0.6 is 0 Å². The summed E-state index contributed by atoms with van der Waals surface area (Å²) in [5.41, 5.74) is 0.0272. The molecular formula is C15H29NO2. The van der Waals surface area contributed by atoms with E-state index in [1.807, 2.05) is 0 Å². The maximum Gasteiger partial charge on any atom is 0.0579 e. The number of rotatable bonds is 7. The fraction of sp³-hybridized carbons (Fsp3) is 1.00. The van der Waals surface area contributed by atoms with E-state index in [0.29, 0.717) is 0 Å². The van der Waals surface area contributed by atoms with Crippen LogP contribution in [-0.2, 0) is 4.74 Å². The van der Waals surface area contributed by atoms with Crippen molar-refractivity contribution < 1.29 is 9.84 Å². The molecule has 0 bridgehead atoms. The van der Waals surface area contributed by atoms with Crippen molar-refractivity contribution in [2.75, 3.05) is 32.9 Å². The first-order valence-corrected chi connectivity index (χ1v) is 7.67. The van der Waals surface area contributed by atoms with Crippen LogP contribution in [0.5, 0.6) is 0 Å². The Bertz CT molecular complexity index is 227. The van der Waals surface area contributed by atoms with Crippen molar-refractivity contribution in [3.8, 4) is 0 Å². The third-order valence-corrected chi connectivity index (χ3v) is 4.75. The molecule has 1 aliphatic carbocycles. The molecule has 0 radical (unpaired) electrons. The molecule has 106 valence electrons. The summed E-state index contributed by atoms with van der Waals surface area (Å²) >= 11 is 0. The molecule has 0 unspecified atom stereocenters. The van der Waals surface area contributed by atoms with Crippen LogP contribution in [0.3, 0.4) is 0 Å². The van der Waals surface area contributed by atoms with Crippen LogP contribution in [0.15, 0.2) is 0 Å². The van der Waals surface area contributed by atoms with Crippen molar-refractivity contribution >= 4 is 0 Å². The van der Waals surface area contributed by atoms with Crippen molar-refractivity contribution in [3.05, 3.63) is 0 Å². The number of aliphatic hydroxyl groups is 1. The molecule has 3 heteroatoms. The average Bonchev–Trinajstić information content (AvgIpc) is 2.35. The second-order valence-electron chi connectivity index (χ2n) is 6.46. The van der Waals surface area contributed by atoms with E-state index in [1.165, 1.54) is 38.5 Å². The molecule has 2 fully saturated rings. The SMILES string of the molecule is CCCC1CCC(CNCC2(CO)COC2)CC1. The lowest BCUT2D eigenvalue weighted by Crippen LogP contribution is -2.52. The van der Waals surface area contributed by atoms with Gasteiger partial charge in [-0.1, -0.05) is 32.6 Å². The van der Waals surface area contributed by atoms with Gasteiger partial charge in [-0.05, 0) is 31.2 Å². The van der Waals surface area contributed by atoms with Gasteiger partial charge in [0.05, 0.1) is 25.2 Å². The van der Waals surface area contributed by atoms with Gasteiger partial charge >= 0.3 is 0 Å². The second kappa shape index (κ2) is 6.88. The standard InChI is InChI=1S/C15H29NO2/c1-2-3-13-4-6-14(7-5-13)8-16-9-15(10-17)11-18-12-15/h13-14,16-17H,2-12H2,1H3. The van der Waals surface area contributed by atoms with Crippen LogP contribution in [0.4, 0.5) is 0 Å². The number of hydrogen-bond donors (Lipinski definition) is 2. The Hall–Kier alpha value is -0.120. The van der Waals surface area contributed by atoms with E-state index in [0.717, 1.165) is 38.1 Å². The lowest BCUT2D eigenvalue weighted by atomic mass is 9.80. The zero-order valence-corrected chi connectivity index (χ0v) is 11.8. The largest absolute Gasteiger partial charge is 0.396 e. The Labute approximate surface area is 111 Å². The summed E-state index contributed by atoms with van der Waals surface area (Å²) in [6, 6.07) is 0. The summed E-state index contributed by atoms with van der Waals surface area (Å²) in [4.78, 5) is 0. The summed E-state index contributed by atoms with van der Waals surface area (Å²) in [6.07, 6.45) is 8.39. The third-order valence-electron chi connectivity index (χ3n) is 4.75. The van der Waals surface area contributed by atoms with E-state index in [1.54, 1.807) is 0 Å². The Morgan fingerprint density at radius 3 is 2.33 bits per heavy atom. The molecule has 2 N–H and O–H groups in total. The van der Waals surface area contributed by atoms with Crippen molar-refractivity contribution in [2.45, 2.75) is 45.4 Å². The van der Waals surface area contributed by atoms with Gasteiger partial charge in [-0.2, -0.15) is 0 Å². The third kappa shape index (κ3) is 3.69. The molecular weight excluding hydrogens is 226 g/mol. The van der Waals surface area contributed by atoms with Gasteiger partial charge in [0.1, 0.15) is 0 Å². The molecule has 0 aromatic carbocycles. The van der Waals surface area contributed by atoms with Crippen molar-refractivity contribution in [1.29, 1.82) is 0 Å².